The number of carbonyl (C=O) groups excluding carboxylic acids is 2. The molecule has 0 bridgehead atoms. The highest BCUT2D eigenvalue weighted by atomic mass is 19.1. The molecule has 1 aromatic carbocycles. The summed E-state index contributed by atoms with van der Waals surface area (Å²) in [5.74, 6) is -0.564. The van der Waals surface area contributed by atoms with Gasteiger partial charge < -0.3 is 14.6 Å². The Bertz CT molecular complexity index is 699. The Morgan fingerprint density at radius 3 is 2.52 bits per heavy atom. The van der Waals surface area contributed by atoms with Crippen molar-refractivity contribution in [3.05, 3.63) is 59.8 Å². The summed E-state index contributed by atoms with van der Waals surface area (Å²) in [7, 11) is 0. The van der Waals surface area contributed by atoms with Gasteiger partial charge in [-0.25, -0.2) is 4.39 Å². The van der Waals surface area contributed by atoms with E-state index in [1.54, 1.807) is 23.1 Å². The normalized spacial score (nSPS) is 10.6. The molecular formula is C21H27FN2O3. The van der Waals surface area contributed by atoms with E-state index in [0.29, 0.717) is 25.2 Å². The fraction of sp³-hybridized carbons (Fsp3) is 0.429. The predicted octanol–water partition coefficient (Wildman–Crippen LogP) is 4.15. The minimum absolute atomic E-state index is 0.119. The molecule has 146 valence electrons. The molecular weight excluding hydrogens is 347 g/mol. The lowest BCUT2D eigenvalue weighted by Crippen LogP contribution is -2.35. The third-order valence-electron chi connectivity index (χ3n) is 4.35. The van der Waals surface area contributed by atoms with Crippen molar-refractivity contribution in [2.75, 3.05) is 13.1 Å². The zero-order chi connectivity index (χ0) is 19.5. The number of hydrogen-bond acceptors (Lipinski definition) is 3. The molecule has 0 fully saturated rings. The SMILES string of the molecule is CCCCCCN(CCC(=O)NCc1ccc(F)cc1)C(=O)c1ccoc1. The van der Waals surface area contributed by atoms with Gasteiger partial charge in [0, 0.05) is 26.1 Å². The van der Waals surface area contributed by atoms with Crippen molar-refractivity contribution < 1.29 is 18.4 Å². The van der Waals surface area contributed by atoms with Gasteiger partial charge in [0.05, 0.1) is 11.8 Å². The van der Waals surface area contributed by atoms with Crippen LogP contribution in [0.3, 0.4) is 0 Å². The molecule has 1 aromatic heterocycles. The van der Waals surface area contributed by atoms with Crippen LogP contribution in [0.5, 0.6) is 0 Å². The molecule has 6 heteroatoms. The number of nitrogens with zero attached hydrogens (tertiary/aromatic N) is 1. The van der Waals surface area contributed by atoms with E-state index in [1.807, 2.05) is 0 Å². The molecule has 2 aromatic rings. The highest BCUT2D eigenvalue weighted by Crippen LogP contribution is 2.09. The summed E-state index contributed by atoms with van der Waals surface area (Å²) in [4.78, 5) is 26.4. The maximum Gasteiger partial charge on any atom is 0.257 e. The van der Waals surface area contributed by atoms with Crippen molar-refractivity contribution in [2.45, 2.75) is 45.6 Å². The summed E-state index contributed by atoms with van der Waals surface area (Å²) in [5.41, 5.74) is 1.33. The van der Waals surface area contributed by atoms with Gasteiger partial charge in [-0.2, -0.15) is 0 Å². The molecule has 2 amide bonds. The lowest BCUT2D eigenvalue weighted by atomic mass is 10.2. The largest absolute Gasteiger partial charge is 0.472 e. The summed E-state index contributed by atoms with van der Waals surface area (Å²) >= 11 is 0. The molecule has 2 rings (SSSR count). The quantitative estimate of drug-likeness (QED) is 0.601. The molecule has 0 saturated carbocycles. The zero-order valence-electron chi connectivity index (χ0n) is 15.7. The Kier molecular flexibility index (Phi) is 8.55. The third-order valence-corrected chi connectivity index (χ3v) is 4.35. The van der Waals surface area contributed by atoms with Gasteiger partial charge in [-0.05, 0) is 30.2 Å². The van der Waals surface area contributed by atoms with Gasteiger partial charge in [-0.1, -0.05) is 38.3 Å². The van der Waals surface area contributed by atoms with Gasteiger partial charge in [0.25, 0.3) is 5.91 Å². The number of unbranched alkanes of at least 4 members (excludes halogenated alkanes) is 3. The lowest BCUT2D eigenvalue weighted by molar-refractivity contribution is -0.121. The molecule has 0 spiro atoms. The molecule has 0 aliphatic rings. The summed E-state index contributed by atoms with van der Waals surface area (Å²) < 4.78 is 17.9. The Balaban J connectivity index is 1.82. The number of furan rings is 1. The Hall–Kier alpha value is -2.63. The second kappa shape index (κ2) is 11.2. The van der Waals surface area contributed by atoms with Crippen LogP contribution in [-0.2, 0) is 11.3 Å². The van der Waals surface area contributed by atoms with Crippen molar-refractivity contribution in [3.8, 4) is 0 Å². The molecule has 1 N–H and O–H groups in total. The van der Waals surface area contributed by atoms with Gasteiger partial charge in [0.2, 0.25) is 5.91 Å². The molecule has 0 aliphatic carbocycles. The van der Waals surface area contributed by atoms with Crippen LogP contribution in [0, 0.1) is 5.82 Å². The average Bonchev–Trinajstić information content (AvgIpc) is 3.21. The van der Waals surface area contributed by atoms with E-state index in [4.69, 9.17) is 4.42 Å². The van der Waals surface area contributed by atoms with Gasteiger partial charge >= 0.3 is 0 Å². The summed E-state index contributed by atoms with van der Waals surface area (Å²) in [5, 5.41) is 2.81. The fourth-order valence-electron chi connectivity index (χ4n) is 2.74. The van der Waals surface area contributed by atoms with E-state index in [2.05, 4.69) is 12.2 Å². The van der Waals surface area contributed by atoms with Crippen LogP contribution < -0.4 is 5.32 Å². The second-order valence-electron chi connectivity index (χ2n) is 6.52. The Labute approximate surface area is 159 Å². The minimum atomic E-state index is -0.304. The number of hydrogen-bond donors (Lipinski definition) is 1. The minimum Gasteiger partial charge on any atom is -0.472 e. The van der Waals surface area contributed by atoms with Crippen LogP contribution in [-0.4, -0.2) is 29.8 Å². The van der Waals surface area contributed by atoms with E-state index in [-0.39, 0.29) is 24.1 Å². The fourth-order valence-corrected chi connectivity index (χ4v) is 2.74. The highest BCUT2D eigenvalue weighted by Gasteiger charge is 2.17. The van der Waals surface area contributed by atoms with Crippen LogP contribution in [0.1, 0.15) is 54.9 Å². The monoisotopic (exact) mass is 374 g/mol. The summed E-state index contributed by atoms with van der Waals surface area (Å²) in [6.45, 7) is 3.45. The molecule has 0 saturated heterocycles. The first-order valence-electron chi connectivity index (χ1n) is 9.42. The van der Waals surface area contributed by atoms with E-state index in [9.17, 15) is 14.0 Å². The average molecular weight is 374 g/mol. The van der Waals surface area contributed by atoms with Crippen molar-refractivity contribution >= 4 is 11.8 Å². The molecule has 0 aliphatic heterocycles. The summed E-state index contributed by atoms with van der Waals surface area (Å²) in [6.07, 6.45) is 7.34. The maximum absolute atomic E-state index is 12.9. The first-order valence-corrected chi connectivity index (χ1v) is 9.42. The molecule has 0 atom stereocenters. The second-order valence-corrected chi connectivity index (χ2v) is 6.52. The molecule has 0 radical (unpaired) electrons. The highest BCUT2D eigenvalue weighted by molar-refractivity contribution is 5.94. The van der Waals surface area contributed by atoms with Crippen molar-refractivity contribution in [1.29, 1.82) is 0 Å². The Morgan fingerprint density at radius 2 is 1.85 bits per heavy atom. The number of carbonyl (C=O) groups is 2. The van der Waals surface area contributed by atoms with E-state index in [1.165, 1.54) is 24.7 Å². The third kappa shape index (κ3) is 7.25. The van der Waals surface area contributed by atoms with Crippen LogP contribution in [0.15, 0.2) is 47.3 Å². The smallest absolute Gasteiger partial charge is 0.257 e. The number of amides is 2. The molecule has 5 nitrogen and oxygen atoms in total. The first-order chi connectivity index (χ1) is 13.1. The predicted molar refractivity (Wildman–Crippen MR) is 102 cm³/mol. The van der Waals surface area contributed by atoms with Gasteiger partial charge in [0.1, 0.15) is 12.1 Å². The topological polar surface area (TPSA) is 62.6 Å². The molecule has 27 heavy (non-hydrogen) atoms. The van der Waals surface area contributed by atoms with Gasteiger partial charge in [-0.15, -0.1) is 0 Å². The number of benzene rings is 1. The van der Waals surface area contributed by atoms with Crippen LogP contribution >= 0.6 is 0 Å². The van der Waals surface area contributed by atoms with Crippen molar-refractivity contribution in [2.24, 2.45) is 0 Å². The van der Waals surface area contributed by atoms with E-state index >= 15 is 0 Å². The van der Waals surface area contributed by atoms with E-state index < -0.39 is 0 Å². The first kappa shape index (κ1) is 20.7. The maximum atomic E-state index is 12.9. The van der Waals surface area contributed by atoms with Crippen LogP contribution in [0.25, 0.3) is 0 Å². The number of halogens is 1. The standard InChI is InChI=1S/C21H27FN2O3/c1-2-3-4-5-12-24(21(26)18-11-14-27-16-18)13-10-20(25)23-15-17-6-8-19(22)9-7-17/h6-9,11,14,16H,2-5,10,12-13,15H2,1H3,(H,23,25). The van der Waals surface area contributed by atoms with E-state index in [0.717, 1.165) is 31.2 Å². The lowest BCUT2D eigenvalue weighted by Gasteiger charge is -2.22. The zero-order valence-corrected chi connectivity index (χ0v) is 15.7. The summed E-state index contributed by atoms with van der Waals surface area (Å²) in [6, 6.07) is 7.64. The van der Waals surface area contributed by atoms with Crippen LogP contribution in [0.2, 0.25) is 0 Å². The Morgan fingerprint density at radius 1 is 1.07 bits per heavy atom. The number of nitrogens with one attached hydrogen (secondary N) is 1. The van der Waals surface area contributed by atoms with Crippen molar-refractivity contribution in [1.82, 2.24) is 10.2 Å². The van der Waals surface area contributed by atoms with Gasteiger partial charge in [0.15, 0.2) is 0 Å². The van der Waals surface area contributed by atoms with Crippen molar-refractivity contribution in [3.63, 3.8) is 0 Å². The van der Waals surface area contributed by atoms with Crippen LogP contribution in [0.4, 0.5) is 4.39 Å². The number of rotatable bonds is 11. The molecule has 0 unspecified atom stereocenters. The molecule has 1 heterocycles. The van der Waals surface area contributed by atoms with Gasteiger partial charge in [-0.3, -0.25) is 9.59 Å².